The summed E-state index contributed by atoms with van der Waals surface area (Å²) in [7, 11) is 0. The SMILES string of the molecule is CC1CCc2cccc(CCCCN)c2O1. The minimum absolute atomic E-state index is 0.364. The van der Waals surface area contributed by atoms with Crippen LogP contribution < -0.4 is 10.5 Å². The number of ether oxygens (including phenoxy) is 1. The van der Waals surface area contributed by atoms with Gasteiger partial charge in [-0.2, -0.15) is 0 Å². The van der Waals surface area contributed by atoms with E-state index in [0.29, 0.717) is 6.10 Å². The third-order valence-electron chi connectivity index (χ3n) is 3.22. The fourth-order valence-corrected chi connectivity index (χ4v) is 2.26. The van der Waals surface area contributed by atoms with Gasteiger partial charge in [0.15, 0.2) is 0 Å². The summed E-state index contributed by atoms with van der Waals surface area (Å²) >= 11 is 0. The van der Waals surface area contributed by atoms with Crippen LogP contribution in [0.4, 0.5) is 0 Å². The Hall–Kier alpha value is -1.02. The first-order valence-corrected chi connectivity index (χ1v) is 6.28. The van der Waals surface area contributed by atoms with Gasteiger partial charge in [-0.25, -0.2) is 0 Å². The van der Waals surface area contributed by atoms with Gasteiger partial charge in [0, 0.05) is 0 Å². The second-order valence-corrected chi connectivity index (χ2v) is 4.62. The predicted molar refractivity (Wildman–Crippen MR) is 66.8 cm³/mol. The summed E-state index contributed by atoms with van der Waals surface area (Å²) in [5, 5.41) is 0. The highest BCUT2D eigenvalue weighted by Gasteiger charge is 2.18. The van der Waals surface area contributed by atoms with E-state index in [2.05, 4.69) is 25.1 Å². The minimum Gasteiger partial charge on any atom is -0.490 e. The molecule has 1 aliphatic rings. The quantitative estimate of drug-likeness (QED) is 0.790. The Morgan fingerprint density at radius 3 is 3.06 bits per heavy atom. The molecular formula is C14H21NO. The highest BCUT2D eigenvalue weighted by molar-refractivity contribution is 5.43. The van der Waals surface area contributed by atoms with Crippen LogP contribution >= 0.6 is 0 Å². The first-order chi connectivity index (χ1) is 7.81. The summed E-state index contributed by atoms with van der Waals surface area (Å²) in [5.41, 5.74) is 8.26. The molecule has 16 heavy (non-hydrogen) atoms. The maximum Gasteiger partial charge on any atom is 0.126 e. The van der Waals surface area contributed by atoms with Crippen molar-refractivity contribution in [3.63, 3.8) is 0 Å². The number of fused-ring (bicyclic) bond motifs is 1. The van der Waals surface area contributed by atoms with Crippen LogP contribution in [0.1, 0.15) is 37.3 Å². The molecule has 1 aromatic rings. The number of hydrogen-bond acceptors (Lipinski definition) is 2. The molecular weight excluding hydrogens is 198 g/mol. The average Bonchev–Trinajstić information content (AvgIpc) is 2.30. The molecule has 1 aromatic carbocycles. The Bertz CT molecular complexity index is 349. The zero-order chi connectivity index (χ0) is 11.4. The molecule has 0 spiro atoms. The van der Waals surface area contributed by atoms with Crippen LogP contribution in [0, 0.1) is 0 Å². The van der Waals surface area contributed by atoms with Crippen LogP contribution in [0.3, 0.4) is 0 Å². The maximum absolute atomic E-state index is 5.96. The molecule has 0 aromatic heterocycles. The molecule has 88 valence electrons. The Labute approximate surface area is 97.8 Å². The fraction of sp³-hybridized carbons (Fsp3) is 0.571. The van der Waals surface area contributed by atoms with Crippen molar-refractivity contribution in [2.75, 3.05) is 6.54 Å². The smallest absolute Gasteiger partial charge is 0.126 e. The van der Waals surface area contributed by atoms with Gasteiger partial charge in [-0.3, -0.25) is 0 Å². The van der Waals surface area contributed by atoms with Crippen molar-refractivity contribution in [1.29, 1.82) is 0 Å². The van der Waals surface area contributed by atoms with E-state index >= 15 is 0 Å². The van der Waals surface area contributed by atoms with Crippen molar-refractivity contribution >= 4 is 0 Å². The lowest BCUT2D eigenvalue weighted by Gasteiger charge is -2.25. The van der Waals surface area contributed by atoms with Crippen LogP contribution in [0.5, 0.6) is 5.75 Å². The lowest BCUT2D eigenvalue weighted by molar-refractivity contribution is 0.190. The van der Waals surface area contributed by atoms with E-state index in [4.69, 9.17) is 10.5 Å². The zero-order valence-corrected chi connectivity index (χ0v) is 10.0. The first-order valence-electron chi connectivity index (χ1n) is 6.28. The van der Waals surface area contributed by atoms with Gasteiger partial charge in [0.25, 0.3) is 0 Å². The van der Waals surface area contributed by atoms with Crippen molar-refractivity contribution in [2.24, 2.45) is 5.73 Å². The van der Waals surface area contributed by atoms with Gasteiger partial charge >= 0.3 is 0 Å². The van der Waals surface area contributed by atoms with E-state index in [0.717, 1.165) is 44.4 Å². The standard InChI is InChI=1S/C14H21NO/c1-11-8-9-13-7-4-6-12(14(13)16-11)5-2-3-10-15/h4,6-7,11H,2-3,5,8-10,15H2,1H3. The van der Waals surface area contributed by atoms with E-state index in [1.807, 2.05) is 0 Å². The summed E-state index contributed by atoms with van der Waals surface area (Å²) in [5.74, 6) is 1.15. The van der Waals surface area contributed by atoms with E-state index in [9.17, 15) is 0 Å². The largest absolute Gasteiger partial charge is 0.490 e. The topological polar surface area (TPSA) is 35.2 Å². The molecule has 0 amide bonds. The van der Waals surface area contributed by atoms with Gasteiger partial charge in [-0.05, 0) is 56.7 Å². The molecule has 2 nitrogen and oxygen atoms in total. The van der Waals surface area contributed by atoms with Gasteiger partial charge < -0.3 is 10.5 Å². The lowest BCUT2D eigenvalue weighted by Crippen LogP contribution is -2.20. The highest BCUT2D eigenvalue weighted by Crippen LogP contribution is 2.32. The minimum atomic E-state index is 0.364. The highest BCUT2D eigenvalue weighted by atomic mass is 16.5. The zero-order valence-electron chi connectivity index (χ0n) is 10.0. The van der Waals surface area contributed by atoms with Crippen LogP contribution in [-0.4, -0.2) is 12.6 Å². The number of para-hydroxylation sites is 1. The second-order valence-electron chi connectivity index (χ2n) is 4.62. The summed E-state index contributed by atoms with van der Waals surface area (Å²) in [6.45, 7) is 2.94. The van der Waals surface area contributed by atoms with Gasteiger partial charge in [-0.1, -0.05) is 18.2 Å². The number of aryl methyl sites for hydroxylation is 2. The summed E-state index contributed by atoms with van der Waals surface area (Å²) in [6, 6.07) is 6.52. The third kappa shape index (κ3) is 2.56. The van der Waals surface area contributed by atoms with Crippen molar-refractivity contribution in [2.45, 2.75) is 45.1 Å². The van der Waals surface area contributed by atoms with Gasteiger partial charge in [0.05, 0.1) is 6.10 Å². The Morgan fingerprint density at radius 1 is 1.38 bits per heavy atom. The monoisotopic (exact) mass is 219 g/mol. The molecule has 0 bridgehead atoms. The fourth-order valence-electron chi connectivity index (χ4n) is 2.26. The molecule has 0 fully saturated rings. The molecule has 2 heteroatoms. The van der Waals surface area contributed by atoms with E-state index in [1.165, 1.54) is 11.1 Å². The summed E-state index contributed by atoms with van der Waals surface area (Å²) in [6.07, 6.45) is 6.00. The van der Waals surface area contributed by atoms with Crippen LogP contribution in [0.25, 0.3) is 0 Å². The van der Waals surface area contributed by atoms with Crippen LogP contribution in [0.2, 0.25) is 0 Å². The van der Waals surface area contributed by atoms with E-state index in [1.54, 1.807) is 0 Å². The molecule has 0 saturated heterocycles. The molecule has 2 N–H and O–H groups in total. The van der Waals surface area contributed by atoms with Crippen LogP contribution in [0.15, 0.2) is 18.2 Å². The van der Waals surface area contributed by atoms with Crippen LogP contribution in [-0.2, 0) is 12.8 Å². The average molecular weight is 219 g/mol. The van der Waals surface area contributed by atoms with E-state index < -0.39 is 0 Å². The number of rotatable bonds is 4. The normalized spacial score (nSPS) is 19.0. The molecule has 1 atom stereocenters. The summed E-state index contributed by atoms with van der Waals surface area (Å²) in [4.78, 5) is 0. The van der Waals surface area contributed by atoms with Crippen molar-refractivity contribution in [3.8, 4) is 5.75 Å². The van der Waals surface area contributed by atoms with E-state index in [-0.39, 0.29) is 0 Å². The number of benzene rings is 1. The number of hydrogen-bond donors (Lipinski definition) is 1. The Morgan fingerprint density at radius 2 is 2.25 bits per heavy atom. The van der Waals surface area contributed by atoms with Crippen molar-refractivity contribution in [1.82, 2.24) is 0 Å². The maximum atomic E-state index is 5.96. The molecule has 0 radical (unpaired) electrons. The number of unbranched alkanes of at least 4 members (excludes halogenated alkanes) is 1. The lowest BCUT2D eigenvalue weighted by atomic mass is 9.97. The molecule has 2 rings (SSSR count). The molecule has 1 aliphatic heterocycles. The Kier molecular flexibility index (Phi) is 3.83. The van der Waals surface area contributed by atoms with Gasteiger partial charge in [0.2, 0.25) is 0 Å². The van der Waals surface area contributed by atoms with Crippen molar-refractivity contribution in [3.05, 3.63) is 29.3 Å². The Balaban J connectivity index is 2.12. The second kappa shape index (κ2) is 5.35. The van der Waals surface area contributed by atoms with Gasteiger partial charge in [0.1, 0.15) is 5.75 Å². The van der Waals surface area contributed by atoms with Crippen molar-refractivity contribution < 1.29 is 4.74 Å². The molecule has 1 unspecified atom stereocenters. The third-order valence-corrected chi connectivity index (χ3v) is 3.22. The molecule has 0 saturated carbocycles. The first kappa shape index (κ1) is 11.5. The summed E-state index contributed by atoms with van der Waals surface area (Å²) < 4.78 is 5.96. The predicted octanol–water partition coefficient (Wildman–Crippen LogP) is 2.68. The number of nitrogens with two attached hydrogens (primary N) is 1. The molecule has 1 heterocycles. The van der Waals surface area contributed by atoms with Gasteiger partial charge in [-0.15, -0.1) is 0 Å². The molecule has 0 aliphatic carbocycles.